The number of esters is 1. The lowest BCUT2D eigenvalue weighted by Gasteiger charge is -2.21. The number of aliphatic carboxylic acids is 1. The average molecular weight is 252 g/mol. The van der Waals surface area contributed by atoms with Crippen molar-refractivity contribution < 1.29 is 28.9 Å². The number of fused-ring (bicyclic) bond motifs is 1. The largest absolute Gasteiger partial charge is 0.475 e. The monoisotopic (exact) mass is 252 g/mol. The van der Waals surface area contributed by atoms with Gasteiger partial charge in [-0.15, -0.1) is 0 Å². The topological polar surface area (TPSA) is 82.1 Å². The van der Waals surface area contributed by atoms with Crippen LogP contribution in [0.4, 0.5) is 0 Å². The predicted octanol–water partition coefficient (Wildman–Crippen LogP) is 1.19. The van der Waals surface area contributed by atoms with Crippen molar-refractivity contribution in [3.63, 3.8) is 0 Å². The van der Waals surface area contributed by atoms with E-state index in [1.165, 1.54) is 12.1 Å². The van der Waals surface area contributed by atoms with Crippen molar-refractivity contribution >= 4 is 11.9 Å². The highest BCUT2D eigenvalue weighted by atomic mass is 16.8. The summed E-state index contributed by atoms with van der Waals surface area (Å²) in [6.07, 6.45) is -0.468. The SMILES string of the molecule is CC(C)OC(=O)C1(C(=O)O)Oc2ccccc2O1. The first-order valence-electron chi connectivity index (χ1n) is 5.37. The summed E-state index contributed by atoms with van der Waals surface area (Å²) in [5, 5.41) is 9.17. The number of hydrogen-bond acceptors (Lipinski definition) is 5. The van der Waals surface area contributed by atoms with Crippen molar-refractivity contribution in [1.29, 1.82) is 0 Å². The highest BCUT2D eigenvalue weighted by Crippen LogP contribution is 2.39. The molecular weight excluding hydrogens is 240 g/mol. The van der Waals surface area contributed by atoms with Crippen LogP contribution in [0.25, 0.3) is 0 Å². The quantitative estimate of drug-likeness (QED) is 0.642. The van der Waals surface area contributed by atoms with Gasteiger partial charge in [0, 0.05) is 0 Å². The minimum atomic E-state index is -2.45. The molecule has 1 aliphatic heterocycles. The normalized spacial score (nSPS) is 15.5. The standard InChI is InChI=1S/C12H12O6/c1-7(2)16-11(15)12(10(13)14)17-8-5-3-4-6-9(8)18-12/h3-7H,1-2H3,(H,13,14). The zero-order chi connectivity index (χ0) is 13.3. The van der Waals surface area contributed by atoms with Gasteiger partial charge in [0.15, 0.2) is 11.5 Å². The van der Waals surface area contributed by atoms with Crippen molar-refractivity contribution in [2.24, 2.45) is 0 Å². The van der Waals surface area contributed by atoms with Gasteiger partial charge in [0.05, 0.1) is 6.10 Å². The molecule has 6 nitrogen and oxygen atoms in total. The minimum absolute atomic E-state index is 0.195. The third kappa shape index (κ3) is 1.85. The molecule has 0 saturated heterocycles. The first kappa shape index (κ1) is 12.2. The summed E-state index contributed by atoms with van der Waals surface area (Å²) in [6, 6.07) is 6.33. The van der Waals surface area contributed by atoms with Crippen LogP contribution in [0, 0.1) is 0 Å². The molecule has 1 heterocycles. The third-order valence-electron chi connectivity index (χ3n) is 2.25. The second-order valence-electron chi connectivity index (χ2n) is 4.03. The number of rotatable bonds is 3. The summed E-state index contributed by atoms with van der Waals surface area (Å²) in [5.74, 6) is -4.69. The van der Waals surface area contributed by atoms with Crippen LogP contribution in [0.15, 0.2) is 24.3 Å². The second kappa shape index (κ2) is 4.21. The van der Waals surface area contributed by atoms with Crippen LogP contribution in [0.1, 0.15) is 13.8 Å². The zero-order valence-corrected chi connectivity index (χ0v) is 9.88. The van der Waals surface area contributed by atoms with Crippen LogP contribution < -0.4 is 9.47 Å². The zero-order valence-electron chi connectivity index (χ0n) is 9.88. The summed E-state index contributed by atoms with van der Waals surface area (Å²) in [5.41, 5.74) is 0. The molecule has 0 radical (unpaired) electrons. The van der Waals surface area contributed by atoms with E-state index in [0.717, 1.165) is 0 Å². The van der Waals surface area contributed by atoms with E-state index >= 15 is 0 Å². The van der Waals surface area contributed by atoms with Crippen molar-refractivity contribution in [3.8, 4) is 11.5 Å². The van der Waals surface area contributed by atoms with E-state index in [1.807, 2.05) is 0 Å². The van der Waals surface area contributed by atoms with E-state index in [4.69, 9.17) is 19.3 Å². The van der Waals surface area contributed by atoms with Crippen LogP contribution >= 0.6 is 0 Å². The Bertz CT molecular complexity index is 468. The molecule has 96 valence electrons. The minimum Gasteiger partial charge on any atom is -0.475 e. The number of carboxylic acid groups (broad SMARTS) is 1. The molecule has 0 saturated carbocycles. The Kier molecular flexibility index (Phi) is 2.86. The molecule has 0 unspecified atom stereocenters. The smallest absolute Gasteiger partial charge is 0.453 e. The van der Waals surface area contributed by atoms with Crippen LogP contribution in [0.3, 0.4) is 0 Å². The van der Waals surface area contributed by atoms with Crippen LogP contribution in [-0.2, 0) is 14.3 Å². The van der Waals surface area contributed by atoms with Crippen LogP contribution in [0.2, 0.25) is 0 Å². The number of carboxylic acids is 1. The fourth-order valence-corrected chi connectivity index (χ4v) is 1.50. The molecule has 0 aliphatic carbocycles. The van der Waals surface area contributed by atoms with Crippen molar-refractivity contribution in [2.45, 2.75) is 25.7 Å². The van der Waals surface area contributed by atoms with E-state index in [-0.39, 0.29) is 11.5 Å². The Morgan fingerprint density at radius 1 is 1.22 bits per heavy atom. The molecule has 1 aliphatic rings. The van der Waals surface area contributed by atoms with Gasteiger partial charge in [0.25, 0.3) is 0 Å². The molecule has 18 heavy (non-hydrogen) atoms. The summed E-state index contributed by atoms with van der Waals surface area (Å²) < 4.78 is 15.1. The number of carbonyl (C=O) groups is 2. The molecule has 2 rings (SSSR count). The molecule has 1 N–H and O–H groups in total. The number of ether oxygens (including phenoxy) is 3. The highest BCUT2D eigenvalue weighted by Gasteiger charge is 2.58. The number of benzene rings is 1. The molecule has 0 fully saturated rings. The van der Waals surface area contributed by atoms with Gasteiger partial charge < -0.3 is 19.3 Å². The Balaban J connectivity index is 2.33. The summed E-state index contributed by atoms with van der Waals surface area (Å²) in [4.78, 5) is 23.1. The van der Waals surface area contributed by atoms with Gasteiger partial charge in [-0.2, -0.15) is 0 Å². The van der Waals surface area contributed by atoms with Gasteiger partial charge in [0.2, 0.25) is 0 Å². The third-order valence-corrected chi connectivity index (χ3v) is 2.25. The highest BCUT2D eigenvalue weighted by molar-refractivity contribution is 6.02. The lowest BCUT2D eigenvalue weighted by atomic mass is 10.3. The molecule has 0 spiro atoms. The molecule has 0 atom stereocenters. The fourth-order valence-electron chi connectivity index (χ4n) is 1.50. The van der Waals surface area contributed by atoms with Gasteiger partial charge in [-0.3, -0.25) is 0 Å². The lowest BCUT2D eigenvalue weighted by molar-refractivity contribution is -0.201. The second-order valence-corrected chi connectivity index (χ2v) is 4.03. The van der Waals surface area contributed by atoms with Gasteiger partial charge in [-0.05, 0) is 26.0 Å². The fraction of sp³-hybridized carbons (Fsp3) is 0.333. The van der Waals surface area contributed by atoms with E-state index in [0.29, 0.717) is 0 Å². The van der Waals surface area contributed by atoms with Gasteiger partial charge in [-0.25, -0.2) is 9.59 Å². The summed E-state index contributed by atoms with van der Waals surface area (Å²) in [7, 11) is 0. The summed E-state index contributed by atoms with van der Waals surface area (Å²) in [6.45, 7) is 3.21. The Hall–Kier alpha value is -2.24. The maximum atomic E-state index is 11.8. The number of carbonyl (C=O) groups excluding carboxylic acids is 1. The molecular formula is C12H12O6. The average Bonchev–Trinajstić information content (AvgIpc) is 2.68. The lowest BCUT2D eigenvalue weighted by Crippen LogP contribution is -2.55. The van der Waals surface area contributed by atoms with E-state index in [2.05, 4.69) is 0 Å². The van der Waals surface area contributed by atoms with Gasteiger partial charge in [0.1, 0.15) is 0 Å². The van der Waals surface area contributed by atoms with E-state index in [9.17, 15) is 9.59 Å². The number of hydrogen-bond donors (Lipinski definition) is 1. The molecule has 0 bridgehead atoms. The van der Waals surface area contributed by atoms with Crippen molar-refractivity contribution in [1.82, 2.24) is 0 Å². The number of para-hydroxylation sites is 2. The molecule has 0 aromatic heterocycles. The van der Waals surface area contributed by atoms with Gasteiger partial charge in [-0.1, -0.05) is 12.1 Å². The van der Waals surface area contributed by atoms with Crippen LogP contribution in [0.5, 0.6) is 11.5 Å². The Morgan fingerprint density at radius 3 is 2.11 bits per heavy atom. The van der Waals surface area contributed by atoms with Crippen molar-refractivity contribution in [2.75, 3.05) is 0 Å². The van der Waals surface area contributed by atoms with Crippen LogP contribution in [-0.4, -0.2) is 28.9 Å². The first-order chi connectivity index (χ1) is 8.45. The first-order valence-corrected chi connectivity index (χ1v) is 5.37. The van der Waals surface area contributed by atoms with Crippen molar-refractivity contribution in [3.05, 3.63) is 24.3 Å². The van der Waals surface area contributed by atoms with Gasteiger partial charge >= 0.3 is 17.7 Å². The molecule has 1 aromatic carbocycles. The Labute approximate surface area is 103 Å². The summed E-state index contributed by atoms with van der Waals surface area (Å²) >= 11 is 0. The van der Waals surface area contributed by atoms with E-state index < -0.39 is 23.8 Å². The maximum absolute atomic E-state index is 11.8. The predicted molar refractivity (Wildman–Crippen MR) is 59.3 cm³/mol. The molecule has 1 aromatic rings. The molecule has 0 amide bonds. The van der Waals surface area contributed by atoms with E-state index in [1.54, 1.807) is 26.0 Å². The Morgan fingerprint density at radius 2 is 1.72 bits per heavy atom. The molecule has 6 heteroatoms. The maximum Gasteiger partial charge on any atom is 0.453 e.